The van der Waals surface area contributed by atoms with Crippen molar-refractivity contribution in [3.8, 4) is 11.5 Å². The van der Waals surface area contributed by atoms with Gasteiger partial charge in [0.2, 0.25) is 0 Å². The zero-order valence-electron chi connectivity index (χ0n) is 12.4. The summed E-state index contributed by atoms with van der Waals surface area (Å²) in [6, 6.07) is 2.80. The molecule has 0 amide bonds. The molecule has 0 atom stereocenters. The topological polar surface area (TPSA) is 94.3 Å². The number of aryl methyl sites for hydroxylation is 1. The van der Waals surface area contributed by atoms with Crippen LogP contribution in [0.1, 0.15) is 33.1 Å². The maximum atomic E-state index is 10.6. The molecular weight excluding hydrogens is 274 g/mol. The summed E-state index contributed by atoms with van der Waals surface area (Å²) in [4.78, 5) is 14.1. The lowest BCUT2D eigenvalue weighted by Crippen LogP contribution is -2.36. The number of nitro groups is 1. The molecule has 0 aliphatic rings. The first-order valence-corrected chi connectivity index (χ1v) is 6.79. The van der Waals surface area contributed by atoms with Gasteiger partial charge in [0.1, 0.15) is 4.92 Å². The Labute approximate surface area is 122 Å². The number of oxazole rings is 1. The van der Waals surface area contributed by atoms with Gasteiger partial charge in [0.05, 0.1) is 12.3 Å². The van der Waals surface area contributed by atoms with Gasteiger partial charge < -0.3 is 14.2 Å². The van der Waals surface area contributed by atoms with E-state index in [0.717, 1.165) is 13.0 Å². The summed E-state index contributed by atoms with van der Waals surface area (Å²) in [5.74, 6) is 1.01. The fraction of sp³-hybridized carbons (Fsp3) is 0.500. The molecule has 0 saturated carbocycles. The molecule has 0 aromatic carbocycles. The predicted molar refractivity (Wildman–Crippen MR) is 76.9 cm³/mol. The van der Waals surface area contributed by atoms with Gasteiger partial charge in [0, 0.05) is 12.0 Å². The summed E-state index contributed by atoms with van der Waals surface area (Å²) in [6.07, 6.45) is 3.12. The molecule has 2 heterocycles. The molecule has 2 aromatic rings. The van der Waals surface area contributed by atoms with Crippen molar-refractivity contribution >= 4 is 5.88 Å². The fourth-order valence-corrected chi connectivity index (χ4v) is 1.80. The number of hydrogen-bond donors (Lipinski definition) is 1. The summed E-state index contributed by atoms with van der Waals surface area (Å²) in [7, 11) is 0. The summed E-state index contributed by atoms with van der Waals surface area (Å²) < 4.78 is 10.6. The Morgan fingerprint density at radius 3 is 2.67 bits per heavy atom. The van der Waals surface area contributed by atoms with Gasteiger partial charge in [0.15, 0.2) is 17.4 Å². The maximum Gasteiger partial charge on any atom is 0.433 e. The molecule has 7 nitrogen and oxygen atoms in total. The highest BCUT2D eigenvalue weighted by Crippen LogP contribution is 2.26. The molecule has 1 N–H and O–H groups in total. The summed E-state index contributed by atoms with van der Waals surface area (Å²) in [5, 5.41) is 13.9. The van der Waals surface area contributed by atoms with Gasteiger partial charge in [-0.15, -0.1) is 0 Å². The predicted octanol–water partition coefficient (Wildman–Crippen LogP) is 3.16. The minimum atomic E-state index is -0.584. The Bertz CT molecular complexity index is 610. The van der Waals surface area contributed by atoms with Crippen molar-refractivity contribution < 1.29 is 13.8 Å². The van der Waals surface area contributed by atoms with Crippen LogP contribution in [0.5, 0.6) is 0 Å². The lowest BCUT2D eigenvalue weighted by atomic mass is 10.1. The highest BCUT2D eigenvalue weighted by atomic mass is 16.6. The zero-order valence-corrected chi connectivity index (χ0v) is 12.4. The third-order valence-electron chi connectivity index (χ3n) is 2.79. The van der Waals surface area contributed by atoms with Crippen LogP contribution in [-0.2, 0) is 6.42 Å². The molecule has 114 valence electrons. The summed E-state index contributed by atoms with van der Waals surface area (Å²) in [5.41, 5.74) is 0.0921. The van der Waals surface area contributed by atoms with Gasteiger partial charge >= 0.3 is 5.88 Å². The van der Waals surface area contributed by atoms with Crippen LogP contribution < -0.4 is 5.32 Å². The van der Waals surface area contributed by atoms with Crippen LogP contribution in [0.25, 0.3) is 11.5 Å². The molecule has 7 heteroatoms. The Morgan fingerprint density at radius 1 is 1.29 bits per heavy atom. The normalized spacial score (nSPS) is 11.8. The third kappa shape index (κ3) is 4.42. The van der Waals surface area contributed by atoms with Crippen molar-refractivity contribution in [1.29, 1.82) is 0 Å². The van der Waals surface area contributed by atoms with Gasteiger partial charge in [-0.2, -0.15) is 0 Å². The highest BCUT2D eigenvalue weighted by molar-refractivity contribution is 5.50. The average Bonchev–Trinajstić information content (AvgIpc) is 3.02. The van der Waals surface area contributed by atoms with Crippen LogP contribution in [-0.4, -0.2) is 22.0 Å². The van der Waals surface area contributed by atoms with Crippen LogP contribution in [0.15, 0.2) is 27.2 Å². The second-order valence-electron chi connectivity index (χ2n) is 5.79. The molecule has 0 fully saturated rings. The number of nitrogens with one attached hydrogen (secondary N) is 1. The van der Waals surface area contributed by atoms with Gasteiger partial charge in [-0.3, -0.25) is 10.1 Å². The smallest absolute Gasteiger partial charge is 0.433 e. The number of aromatic nitrogens is 1. The molecule has 0 saturated heterocycles. The van der Waals surface area contributed by atoms with Gasteiger partial charge in [-0.25, -0.2) is 4.98 Å². The highest BCUT2D eigenvalue weighted by Gasteiger charge is 2.16. The molecule has 0 aliphatic heterocycles. The van der Waals surface area contributed by atoms with E-state index < -0.39 is 4.92 Å². The van der Waals surface area contributed by atoms with Crippen LogP contribution in [0, 0.1) is 10.1 Å². The molecule has 0 radical (unpaired) electrons. The van der Waals surface area contributed by atoms with Crippen molar-refractivity contribution in [2.75, 3.05) is 6.54 Å². The van der Waals surface area contributed by atoms with Crippen LogP contribution >= 0.6 is 0 Å². The average molecular weight is 293 g/mol. The van der Waals surface area contributed by atoms with Gasteiger partial charge in [-0.05, 0) is 39.8 Å². The van der Waals surface area contributed by atoms with E-state index in [1.54, 1.807) is 0 Å². The second-order valence-corrected chi connectivity index (χ2v) is 5.79. The fourth-order valence-electron chi connectivity index (χ4n) is 1.80. The van der Waals surface area contributed by atoms with Crippen molar-refractivity contribution in [3.05, 3.63) is 34.3 Å². The molecule has 0 bridgehead atoms. The minimum absolute atomic E-state index is 0.0921. The molecule has 0 unspecified atom stereocenters. The quantitative estimate of drug-likeness (QED) is 0.499. The van der Waals surface area contributed by atoms with E-state index in [-0.39, 0.29) is 11.4 Å². The third-order valence-corrected chi connectivity index (χ3v) is 2.79. The van der Waals surface area contributed by atoms with E-state index in [0.29, 0.717) is 23.8 Å². The molecular formula is C14H19N3O4. The van der Waals surface area contributed by atoms with Crippen LogP contribution in [0.3, 0.4) is 0 Å². The number of furan rings is 1. The van der Waals surface area contributed by atoms with E-state index in [1.165, 1.54) is 18.3 Å². The first-order chi connectivity index (χ1) is 9.85. The largest absolute Gasteiger partial charge is 0.437 e. The first-order valence-electron chi connectivity index (χ1n) is 6.79. The van der Waals surface area contributed by atoms with E-state index in [4.69, 9.17) is 8.83 Å². The van der Waals surface area contributed by atoms with Crippen molar-refractivity contribution in [1.82, 2.24) is 10.3 Å². The second kappa shape index (κ2) is 6.09. The van der Waals surface area contributed by atoms with E-state index >= 15 is 0 Å². The Kier molecular flexibility index (Phi) is 4.42. The zero-order chi connectivity index (χ0) is 15.5. The Balaban J connectivity index is 1.90. The van der Waals surface area contributed by atoms with Crippen molar-refractivity contribution in [3.63, 3.8) is 0 Å². The number of nitrogens with zero attached hydrogens (tertiary/aromatic N) is 2. The minimum Gasteiger partial charge on any atom is -0.437 e. The molecule has 2 aromatic heterocycles. The van der Waals surface area contributed by atoms with E-state index in [9.17, 15) is 10.1 Å². The number of rotatable bonds is 6. The number of hydrogen-bond acceptors (Lipinski definition) is 6. The maximum absolute atomic E-state index is 10.6. The summed E-state index contributed by atoms with van der Waals surface area (Å²) in [6.45, 7) is 7.20. The van der Waals surface area contributed by atoms with Crippen LogP contribution in [0.2, 0.25) is 0 Å². The van der Waals surface area contributed by atoms with Crippen molar-refractivity contribution in [2.24, 2.45) is 0 Å². The Morgan fingerprint density at radius 2 is 2.05 bits per heavy atom. The van der Waals surface area contributed by atoms with Gasteiger partial charge in [0.25, 0.3) is 0 Å². The SMILES string of the molecule is CC(C)(C)NCCCc1ncc(-c2ccc([N+](=O)[O-])o2)o1. The molecule has 2 rings (SSSR count). The lowest BCUT2D eigenvalue weighted by Gasteiger charge is -2.19. The van der Waals surface area contributed by atoms with Crippen LogP contribution in [0.4, 0.5) is 5.88 Å². The molecule has 0 aliphatic carbocycles. The molecule has 0 spiro atoms. The monoisotopic (exact) mass is 293 g/mol. The van der Waals surface area contributed by atoms with Gasteiger partial charge in [-0.1, -0.05) is 0 Å². The van der Waals surface area contributed by atoms with E-state index in [2.05, 4.69) is 31.1 Å². The Hall–Kier alpha value is -2.15. The van der Waals surface area contributed by atoms with E-state index in [1.807, 2.05) is 0 Å². The lowest BCUT2D eigenvalue weighted by molar-refractivity contribution is -0.401. The molecule has 21 heavy (non-hydrogen) atoms. The standard InChI is InChI=1S/C14H19N3O4/c1-14(2,3)16-8-4-5-12-15-9-11(20-12)10-6-7-13(21-10)17(18)19/h6-7,9,16H,4-5,8H2,1-3H3. The first kappa shape index (κ1) is 15.2. The van der Waals surface area contributed by atoms with Crippen molar-refractivity contribution in [2.45, 2.75) is 39.2 Å². The summed E-state index contributed by atoms with van der Waals surface area (Å²) >= 11 is 0.